The van der Waals surface area contributed by atoms with Gasteiger partial charge in [0.25, 0.3) is 5.91 Å². The van der Waals surface area contributed by atoms with E-state index >= 15 is 0 Å². The highest BCUT2D eigenvalue weighted by atomic mass is 35.5. The van der Waals surface area contributed by atoms with Gasteiger partial charge in [-0.2, -0.15) is 0 Å². The lowest BCUT2D eigenvalue weighted by atomic mass is 10.2. The van der Waals surface area contributed by atoms with Gasteiger partial charge in [-0.25, -0.2) is 18.2 Å². The van der Waals surface area contributed by atoms with Crippen molar-refractivity contribution in [2.75, 3.05) is 22.4 Å². The van der Waals surface area contributed by atoms with Crippen LogP contribution in [0.1, 0.15) is 23.7 Å². The summed E-state index contributed by atoms with van der Waals surface area (Å²) in [5, 5.41) is 2.59. The lowest BCUT2D eigenvalue weighted by molar-refractivity contribution is -0.119. The van der Waals surface area contributed by atoms with Crippen molar-refractivity contribution in [2.45, 2.75) is 13.3 Å². The fourth-order valence-corrected chi connectivity index (χ4v) is 3.38. The maximum absolute atomic E-state index is 12.1. The number of nitrogens with zero attached hydrogens (tertiary/aromatic N) is 1. The van der Waals surface area contributed by atoms with Gasteiger partial charge in [-0.1, -0.05) is 24.6 Å². The number of hydrogen-bond donors (Lipinski definition) is 2. The van der Waals surface area contributed by atoms with Gasteiger partial charge < -0.3 is 10.1 Å². The van der Waals surface area contributed by atoms with Crippen LogP contribution < -0.4 is 10.0 Å². The van der Waals surface area contributed by atoms with Crippen LogP contribution in [-0.4, -0.2) is 37.6 Å². The van der Waals surface area contributed by atoms with Gasteiger partial charge in [-0.15, -0.1) is 0 Å². The molecule has 2 aromatic rings. The van der Waals surface area contributed by atoms with Crippen LogP contribution in [0.3, 0.4) is 0 Å². The van der Waals surface area contributed by atoms with Crippen molar-refractivity contribution in [3.05, 3.63) is 53.3 Å². The summed E-state index contributed by atoms with van der Waals surface area (Å²) < 4.78 is 30.9. The molecule has 1 heterocycles. The largest absolute Gasteiger partial charge is 0.452 e. The smallest absolute Gasteiger partial charge is 0.338 e. The van der Waals surface area contributed by atoms with Crippen LogP contribution in [0.4, 0.5) is 11.4 Å². The molecule has 27 heavy (non-hydrogen) atoms. The predicted octanol–water partition coefficient (Wildman–Crippen LogP) is 2.68. The van der Waals surface area contributed by atoms with Crippen molar-refractivity contribution in [1.82, 2.24) is 4.98 Å². The Bertz CT molecular complexity index is 934. The van der Waals surface area contributed by atoms with Crippen LogP contribution in [0.15, 0.2) is 42.6 Å². The first kappa shape index (κ1) is 20.7. The van der Waals surface area contributed by atoms with Gasteiger partial charge >= 0.3 is 5.97 Å². The highest BCUT2D eigenvalue weighted by Crippen LogP contribution is 2.17. The molecule has 10 heteroatoms. The van der Waals surface area contributed by atoms with E-state index in [1.807, 2.05) is 0 Å². The molecule has 0 aliphatic rings. The number of benzene rings is 1. The number of nitrogens with one attached hydrogen (secondary N) is 2. The van der Waals surface area contributed by atoms with Crippen molar-refractivity contribution in [3.63, 3.8) is 0 Å². The summed E-state index contributed by atoms with van der Waals surface area (Å²) in [6.07, 6.45) is 1.94. The number of pyridine rings is 1. The fraction of sp³-hybridized carbons (Fsp3) is 0.235. The molecule has 1 aromatic heterocycles. The highest BCUT2D eigenvalue weighted by Gasteiger charge is 2.14. The van der Waals surface area contributed by atoms with Crippen LogP contribution in [0.2, 0.25) is 5.15 Å². The molecule has 1 aromatic carbocycles. The summed E-state index contributed by atoms with van der Waals surface area (Å²) >= 11 is 5.83. The Hall–Kier alpha value is -2.65. The normalized spacial score (nSPS) is 10.9. The quantitative estimate of drug-likeness (QED) is 0.509. The van der Waals surface area contributed by atoms with Crippen molar-refractivity contribution in [3.8, 4) is 0 Å². The summed E-state index contributed by atoms with van der Waals surface area (Å²) in [6.45, 7) is 1.21. The van der Waals surface area contributed by atoms with Crippen molar-refractivity contribution in [2.24, 2.45) is 0 Å². The zero-order chi connectivity index (χ0) is 19.9. The molecule has 0 unspecified atom stereocenters. The molecule has 2 rings (SSSR count). The number of sulfonamides is 1. The molecule has 1 amide bonds. The number of ether oxygens (including phenoxy) is 1. The SMILES string of the molecule is CCCS(=O)(=O)Nc1cccc(C(=O)OCC(=O)Nc2cccnc2Cl)c1. The van der Waals surface area contributed by atoms with Gasteiger partial charge in [0, 0.05) is 11.9 Å². The third kappa shape index (κ3) is 6.54. The van der Waals surface area contributed by atoms with Crippen molar-refractivity contribution >= 4 is 44.9 Å². The molecule has 0 radical (unpaired) electrons. The first-order chi connectivity index (χ1) is 12.8. The van der Waals surface area contributed by atoms with Gasteiger partial charge in [-0.05, 0) is 36.8 Å². The lowest BCUT2D eigenvalue weighted by Gasteiger charge is -2.09. The van der Waals surface area contributed by atoms with Gasteiger partial charge in [0.1, 0.15) is 0 Å². The minimum Gasteiger partial charge on any atom is -0.452 e. The number of hydrogen-bond acceptors (Lipinski definition) is 6. The second-order valence-electron chi connectivity index (χ2n) is 5.47. The Morgan fingerprint density at radius 3 is 2.70 bits per heavy atom. The van der Waals surface area contributed by atoms with E-state index in [1.54, 1.807) is 19.1 Å². The lowest BCUT2D eigenvalue weighted by Crippen LogP contribution is -2.21. The van der Waals surface area contributed by atoms with Gasteiger partial charge in [0.2, 0.25) is 10.0 Å². The summed E-state index contributed by atoms with van der Waals surface area (Å²) in [6, 6.07) is 8.97. The van der Waals surface area contributed by atoms with Gasteiger partial charge in [0.05, 0.1) is 17.0 Å². The maximum atomic E-state index is 12.1. The predicted molar refractivity (Wildman–Crippen MR) is 102 cm³/mol. The first-order valence-electron chi connectivity index (χ1n) is 7.99. The molecule has 0 saturated heterocycles. The number of carbonyl (C=O) groups is 2. The molecule has 144 valence electrons. The Balaban J connectivity index is 1.95. The Morgan fingerprint density at radius 2 is 2.00 bits per heavy atom. The average Bonchev–Trinajstić information content (AvgIpc) is 2.61. The second-order valence-corrected chi connectivity index (χ2v) is 7.67. The van der Waals surface area contributed by atoms with Crippen LogP contribution >= 0.6 is 11.6 Å². The monoisotopic (exact) mass is 411 g/mol. The van der Waals surface area contributed by atoms with E-state index in [0.717, 1.165) is 0 Å². The summed E-state index contributed by atoms with van der Waals surface area (Å²) in [7, 11) is -3.48. The second kappa shape index (κ2) is 9.33. The zero-order valence-corrected chi connectivity index (χ0v) is 16.0. The maximum Gasteiger partial charge on any atom is 0.338 e. The molecule has 0 fully saturated rings. The Labute approximate surface area is 161 Å². The molecule has 0 aliphatic carbocycles. The van der Waals surface area contributed by atoms with Crippen LogP contribution in [-0.2, 0) is 19.6 Å². The highest BCUT2D eigenvalue weighted by molar-refractivity contribution is 7.92. The van der Waals surface area contributed by atoms with E-state index < -0.39 is 28.5 Å². The summed E-state index contributed by atoms with van der Waals surface area (Å²) in [5.41, 5.74) is 0.649. The summed E-state index contributed by atoms with van der Waals surface area (Å²) in [4.78, 5) is 27.8. The molecule has 0 aliphatic heterocycles. The number of amides is 1. The van der Waals surface area contributed by atoms with Crippen LogP contribution in [0, 0.1) is 0 Å². The van der Waals surface area contributed by atoms with E-state index in [0.29, 0.717) is 12.1 Å². The number of carbonyl (C=O) groups excluding carboxylic acids is 2. The first-order valence-corrected chi connectivity index (χ1v) is 10.0. The number of aromatic nitrogens is 1. The Morgan fingerprint density at radius 1 is 1.22 bits per heavy atom. The molecular formula is C17H18ClN3O5S. The number of esters is 1. The van der Waals surface area contributed by atoms with Crippen molar-refractivity contribution in [1.29, 1.82) is 0 Å². The molecule has 2 N–H and O–H groups in total. The van der Waals surface area contributed by atoms with Gasteiger partial charge in [-0.3, -0.25) is 9.52 Å². The van der Waals surface area contributed by atoms with Gasteiger partial charge in [0.15, 0.2) is 11.8 Å². The molecule has 0 saturated carbocycles. The van der Waals surface area contributed by atoms with Crippen LogP contribution in [0.5, 0.6) is 0 Å². The number of rotatable bonds is 8. The fourth-order valence-electron chi connectivity index (χ4n) is 2.09. The molecule has 0 atom stereocenters. The molecular weight excluding hydrogens is 394 g/mol. The molecule has 0 spiro atoms. The number of anilines is 2. The molecule has 8 nitrogen and oxygen atoms in total. The van der Waals surface area contributed by atoms with E-state index in [2.05, 4.69) is 15.0 Å². The van der Waals surface area contributed by atoms with Crippen LogP contribution in [0.25, 0.3) is 0 Å². The van der Waals surface area contributed by atoms with E-state index in [9.17, 15) is 18.0 Å². The van der Waals surface area contributed by atoms with Crippen molar-refractivity contribution < 1.29 is 22.7 Å². The van der Waals surface area contributed by atoms with E-state index in [4.69, 9.17) is 16.3 Å². The summed E-state index contributed by atoms with van der Waals surface area (Å²) in [5.74, 6) is -1.38. The van der Waals surface area contributed by atoms with E-state index in [1.165, 1.54) is 30.5 Å². The van der Waals surface area contributed by atoms with E-state index in [-0.39, 0.29) is 22.2 Å². The minimum atomic E-state index is -3.48. The topological polar surface area (TPSA) is 114 Å². The number of halogens is 1. The third-order valence-electron chi connectivity index (χ3n) is 3.21. The minimum absolute atomic E-state index is 0.0290. The Kier molecular flexibility index (Phi) is 7.14. The molecule has 0 bridgehead atoms. The standard InChI is InChI=1S/C17H18ClN3O5S/c1-2-9-27(24,25)21-13-6-3-5-12(10-13)17(23)26-11-15(22)20-14-7-4-8-19-16(14)18/h3-8,10,21H,2,9,11H2,1H3,(H,20,22). The average molecular weight is 412 g/mol. The third-order valence-corrected chi connectivity index (χ3v) is 5.01. The zero-order valence-electron chi connectivity index (χ0n) is 14.4.